The van der Waals surface area contributed by atoms with Crippen molar-refractivity contribution in [3.05, 3.63) is 90.0 Å². The van der Waals surface area contributed by atoms with Crippen LogP contribution in [-0.4, -0.2) is 50.4 Å². The maximum atomic E-state index is 14.0. The van der Waals surface area contributed by atoms with Crippen LogP contribution in [0.15, 0.2) is 83.8 Å². The Hall–Kier alpha value is -3.85. The first-order valence-electron chi connectivity index (χ1n) is 14.1. The summed E-state index contributed by atoms with van der Waals surface area (Å²) in [6, 6.07) is 21.8. The van der Waals surface area contributed by atoms with Gasteiger partial charge in [-0.1, -0.05) is 60.9 Å². The Labute approximate surface area is 243 Å². The van der Waals surface area contributed by atoms with E-state index in [0.717, 1.165) is 41.1 Å². The first-order valence-corrected chi connectivity index (χ1v) is 15.6. The Balaban J connectivity index is 1.67. The number of aryl methyl sites for hydroxylation is 1. The fourth-order valence-corrected chi connectivity index (χ4v) is 6.41. The zero-order valence-electron chi connectivity index (χ0n) is 24.0. The van der Waals surface area contributed by atoms with E-state index >= 15 is 0 Å². The molecular formula is C32H39N3O5S. The number of ether oxygens (including phenoxy) is 1. The molecular weight excluding hydrogens is 538 g/mol. The molecule has 0 bridgehead atoms. The van der Waals surface area contributed by atoms with E-state index in [1.54, 1.807) is 43.3 Å². The molecule has 218 valence electrons. The van der Waals surface area contributed by atoms with E-state index in [2.05, 4.69) is 5.32 Å². The number of rotatable bonds is 12. The summed E-state index contributed by atoms with van der Waals surface area (Å²) in [4.78, 5) is 28.9. The monoisotopic (exact) mass is 577 g/mol. The van der Waals surface area contributed by atoms with E-state index in [1.807, 2.05) is 44.2 Å². The van der Waals surface area contributed by atoms with Crippen LogP contribution in [0.3, 0.4) is 0 Å². The van der Waals surface area contributed by atoms with E-state index in [-0.39, 0.29) is 23.4 Å². The van der Waals surface area contributed by atoms with E-state index in [9.17, 15) is 18.0 Å². The van der Waals surface area contributed by atoms with Crippen LogP contribution < -0.4 is 14.4 Å². The van der Waals surface area contributed by atoms with Crippen LogP contribution in [0, 0.1) is 6.92 Å². The minimum Gasteiger partial charge on any atom is -0.494 e. The molecule has 1 atom stereocenters. The molecule has 0 saturated heterocycles. The molecule has 41 heavy (non-hydrogen) atoms. The Bertz CT molecular complexity index is 1400. The lowest BCUT2D eigenvalue weighted by Gasteiger charge is -2.32. The lowest BCUT2D eigenvalue weighted by Crippen LogP contribution is -2.52. The van der Waals surface area contributed by atoms with Crippen LogP contribution in [0.4, 0.5) is 5.69 Å². The third kappa shape index (κ3) is 7.67. The SMILES string of the molecule is CCOc1ccc(N(CC(=O)N(Cc2ccccc2)[C@H](C)C(=O)NC2CCCC2)S(=O)(=O)c2ccc(C)cc2)cc1. The van der Waals surface area contributed by atoms with Gasteiger partial charge in [-0.05, 0) is 75.6 Å². The summed E-state index contributed by atoms with van der Waals surface area (Å²) in [5.74, 6) is -0.124. The van der Waals surface area contributed by atoms with Gasteiger partial charge in [-0.3, -0.25) is 13.9 Å². The predicted octanol–water partition coefficient (Wildman–Crippen LogP) is 5.07. The molecule has 0 radical (unpaired) electrons. The number of sulfonamides is 1. The van der Waals surface area contributed by atoms with Gasteiger partial charge in [0, 0.05) is 12.6 Å². The van der Waals surface area contributed by atoms with Crippen molar-refractivity contribution in [2.45, 2.75) is 70.0 Å². The summed E-state index contributed by atoms with van der Waals surface area (Å²) in [7, 11) is -4.12. The van der Waals surface area contributed by atoms with Crippen molar-refractivity contribution in [3.8, 4) is 5.75 Å². The van der Waals surface area contributed by atoms with E-state index in [0.29, 0.717) is 18.0 Å². The summed E-state index contributed by atoms with van der Waals surface area (Å²) in [5, 5.41) is 3.09. The largest absolute Gasteiger partial charge is 0.494 e. The third-order valence-corrected chi connectivity index (χ3v) is 9.18. The van der Waals surface area contributed by atoms with Crippen LogP contribution >= 0.6 is 0 Å². The van der Waals surface area contributed by atoms with Gasteiger partial charge in [0.2, 0.25) is 11.8 Å². The number of nitrogens with zero attached hydrogens (tertiary/aromatic N) is 2. The maximum absolute atomic E-state index is 14.0. The molecule has 2 amide bonds. The number of anilines is 1. The van der Waals surface area contributed by atoms with E-state index in [4.69, 9.17) is 4.74 Å². The van der Waals surface area contributed by atoms with Gasteiger partial charge in [0.25, 0.3) is 10.0 Å². The van der Waals surface area contributed by atoms with Gasteiger partial charge in [-0.25, -0.2) is 8.42 Å². The molecule has 1 N–H and O–H groups in total. The molecule has 0 spiro atoms. The number of carbonyl (C=O) groups excluding carboxylic acids is 2. The molecule has 0 heterocycles. The second-order valence-electron chi connectivity index (χ2n) is 10.4. The van der Waals surface area contributed by atoms with Gasteiger partial charge < -0.3 is 15.0 Å². The van der Waals surface area contributed by atoms with Crippen molar-refractivity contribution in [3.63, 3.8) is 0 Å². The molecule has 1 saturated carbocycles. The topological polar surface area (TPSA) is 96.0 Å². The Morgan fingerprint density at radius 3 is 2.20 bits per heavy atom. The van der Waals surface area contributed by atoms with Gasteiger partial charge in [-0.15, -0.1) is 0 Å². The highest BCUT2D eigenvalue weighted by molar-refractivity contribution is 7.92. The highest BCUT2D eigenvalue weighted by Crippen LogP contribution is 2.27. The minimum absolute atomic E-state index is 0.0754. The molecule has 1 aliphatic carbocycles. The van der Waals surface area contributed by atoms with Crippen molar-refractivity contribution < 1.29 is 22.7 Å². The van der Waals surface area contributed by atoms with Crippen LogP contribution in [0.5, 0.6) is 5.75 Å². The lowest BCUT2D eigenvalue weighted by atomic mass is 10.1. The van der Waals surface area contributed by atoms with Gasteiger partial charge in [-0.2, -0.15) is 0 Å². The smallest absolute Gasteiger partial charge is 0.264 e. The zero-order valence-corrected chi connectivity index (χ0v) is 24.8. The van der Waals surface area contributed by atoms with Crippen LogP contribution in [0.2, 0.25) is 0 Å². The molecule has 0 aromatic heterocycles. The van der Waals surface area contributed by atoms with Crippen molar-refractivity contribution in [2.24, 2.45) is 0 Å². The molecule has 1 aliphatic rings. The van der Waals surface area contributed by atoms with Crippen LogP contribution in [-0.2, 0) is 26.2 Å². The molecule has 8 nitrogen and oxygen atoms in total. The van der Waals surface area contributed by atoms with Gasteiger partial charge in [0.05, 0.1) is 17.2 Å². The molecule has 4 rings (SSSR count). The summed E-state index contributed by atoms with van der Waals surface area (Å²) < 4.78 is 34.5. The lowest BCUT2D eigenvalue weighted by molar-refractivity contribution is -0.139. The van der Waals surface area contributed by atoms with Gasteiger partial charge >= 0.3 is 0 Å². The Morgan fingerprint density at radius 1 is 0.951 bits per heavy atom. The number of hydrogen-bond donors (Lipinski definition) is 1. The molecule has 1 fully saturated rings. The molecule has 9 heteroatoms. The van der Waals surface area contributed by atoms with E-state index in [1.165, 1.54) is 17.0 Å². The van der Waals surface area contributed by atoms with Crippen molar-refractivity contribution >= 4 is 27.5 Å². The average molecular weight is 578 g/mol. The first kappa shape index (κ1) is 30.1. The maximum Gasteiger partial charge on any atom is 0.264 e. The second kappa shape index (κ2) is 13.7. The number of nitrogens with one attached hydrogen (secondary N) is 1. The van der Waals surface area contributed by atoms with Crippen LogP contribution in [0.25, 0.3) is 0 Å². The summed E-state index contributed by atoms with van der Waals surface area (Å²) in [6.45, 7) is 5.60. The fourth-order valence-electron chi connectivity index (χ4n) is 5.00. The standard InChI is InChI=1S/C32H39N3O5S/c1-4-40-29-18-16-28(17-19-29)35(41(38,39)30-20-14-24(2)15-21-30)23-31(36)34(22-26-10-6-5-7-11-26)25(3)32(37)33-27-12-8-9-13-27/h5-7,10-11,14-21,25,27H,4,8-9,12-13,22-23H2,1-3H3,(H,33,37)/t25-/m1/s1. The van der Waals surface area contributed by atoms with Crippen molar-refractivity contribution in [1.29, 1.82) is 0 Å². The second-order valence-corrected chi connectivity index (χ2v) is 12.3. The number of amides is 2. The van der Waals surface area contributed by atoms with E-state index < -0.39 is 28.5 Å². The minimum atomic E-state index is -4.12. The van der Waals surface area contributed by atoms with Crippen molar-refractivity contribution in [1.82, 2.24) is 10.2 Å². The summed E-state index contributed by atoms with van der Waals surface area (Å²) in [6.07, 6.45) is 3.98. The number of benzene rings is 3. The molecule has 3 aromatic rings. The fraction of sp³-hybridized carbons (Fsp3) is 0.375. The normalized spacial score (nSPS) is 14.3. The quantitative estimate of drug-likeness (QED) is 0.325. The van der Waals surface area contributed by atoms with Crippen LogP contribution in [0.1, 0.15) is 50.7 Å². The zero-order chi connectivity index (χ0) is 29.4. The highest BCUT2D eigenvalue weighted by atomic mass is 32.2. The Morgan fingerprint density at radius 2 is 1.59 bits per heavy atom. The number of hydrogen-bond acceptors (Lipinski definition) is 5. The summed E-state index contributed by atoms with van der Waals surface area (Å²) >= 11 is 0. The molecule has 0 unspecified atom stereocenters. The third-order valence-electron chi connectivity index (χ3n) is 7.39. The highest BCUT2D eigenvalue weighted by Gasteiger charge is 2.33. The first-order chi connectivity index (χ1) is 19.7. The van der Waals surface area contributed by atoms with Gasteiger partial charge in [0.15, 0.2) is 0 Å². The molecule has 0 aliphatic heterocycles. The summed E-state index contributed by atoms with van der Waals surface area (Å²) in [5.41, 5.74) is 2.09. The Kier molecular flexibility index (Phi) is 10.0. The van der Waals surface area contributed by atoms with Crippen molar-refractivity contribution in [2.75, 3.05) is 17.5 Å². The average Bonchev–Trinajstić information content (AvgIpc) is 3.48. The molecule has 3 aromatic carbocycles. The van der Waals surface area contributed by atoms with Gasteiger partial charge in [0.1, 0.15) is 18.3 Å². The number of carbonyl (C=O) groups is 2. The predicted molar refractivity (Wildman–Crippen MR) is 160 cm³/mol.